The third-order valence-electron chi connectivity index (χ3n) is 2.96. The molecule has 0 aliphatic rings. The molecule has 18 heavy (non-hydrogen) atoms. The summed E-state index contributed by atoms with van der Waals surface area (Å²) in [6, 6.07) is 13.5. The van der Waals surface area contributed by atoms with E-state index in [-0.39, 0.29) is 6.04 Å². The molecule has 94 valence electrons. The summed E-state index contributed by atoms with van der Waals surface area (Å²) in [5.74, 6) is -1.68. The monoisotopic (exact) mass is 247 g/mol. The highest BCUT2D eigenvalue weighted by atomic mass is 19.2. The second-order valence-electron chi connectivity index (χ2n) is 4.30. The maximum absolute atomic E-state index is 13.1. The average Bonchev–Trinajstić information content (AvgIpc) is 2.40. The van der Waals surface area contributed by atoms with Gasteiger partial charge in [-0.05, 0) is 36.1 Å². The molecule has 0 saturated heterocycles. The number of hydrogen-bond acceptors (Lipinski definition) is 1. The molecule has 1 unspecified atom stereocenters. The van der Waals surface area contributed by atoms with E-state index in [0.29, 0.717) is 12.0 Å². The van der Waals surface area contributed by atoms with E-state index in [9.17, 15) is 8.78 Å². The molecule has 1 atom stereocenters. The SMILES string of the molecule is NC(CCc1ccccc1)c1ccc(F)c(F)c1. The average molecular weight is 247 g/mol. The Morgan fingerprint density at radius 3 is 2.33 bits per heavy atom. The van der Waals surface area contributed by atoms with Gasteiger partial charge in [0, 0.05) is 6.04 Å². The van der Waals surface area contributed by atoms with Crippen molar-refractivity contribution in [1.29, 1.82) is 0 Å². The number of nitrogens with two attached hydrogens (primary N) is 1. The summed E-state index contributed by atoms with van der Waals surface area (Å²) in [7, 11) is 0. The summed E-state index contributed by atoms with van der Waals surface area (Å²) in [6.07, 6.45) is 1.52. The molecule has 0 radical (unpaired) electrons. The van der Waals surface area contributed by atoms with Gasteiger partial charge < -0.3 is 5.73 Å². The van der Waals surface area contributed by atoms with Crippen LogP contribution in [0.25, 0.3) is 0 Å². The number of benzene rings is 2. The van der Waals surface area contributed by atoms with Gasteiger partial charge in [0.2, 0.25) is 0 Å². The Hall–Kier alpha value is -1.74. The molecule has 0 bridgehead atoms. The van der Waals surface area contributed by atoms with Crippen molar-refractivity contribution < 1.29 is 8.78 Å². The lowest BCUT2D eigenvalue weighted by Gasteiger charge is -2.12. The van der Waals surface area contributed by atoms with Crippen molar-refractivity contribution in [3.8, 4) is 0 Å². The summed E-state index contributed by atoms with van der Waals surface area (Å²) in [5.41, 5.74) is 7.79. The second kappa shape index (κ2) is 5.74. The summed E-state index contributed by atoms with van der Waals surface area (Å²) in [5, 5.41) is 0. The molecule has 3 heteroatoms. The fourth-order valence-corrected chi connectivity index (χ4v) is 1.88. The highest BCUT2D eigenvalue weighted by Crippen LogP contribution is 2.19. The van der Waals surface area contributed by atoms with Crippen molar-refractivity contribution in [2.75, 3.05) is 0 Å². The maximum Gasteiger partial charge on any atom is 0.159 e. The minimum atomic E-state index is -0.845. The summed E-state index contributed by atoms with van der Waals surface area (Å²) in [6.45, 7) is 0. The van der Waals surface area contributed by atoms with Crippen molar-refractivity contribution >= 4 is 0 Å². The quantitative estimate of drug-likeness (QED) is 0.877. The van der Waals surface area contributed by atoms with E-state index < -0.39 is 11.6 Å². The predicted octanol–water partition coefficient (Wildman–Crippen LogP) is 3.60. The molecule has 0 saturated carbocycles. The molecule has 0 aromatic heterocycles. The van der Waals surface area contributed by atoms with Gasteiger partial charge >= 0.3 is 0 Å². The lowest BCUT2D eigenvalue weighted by molar-refractivity contribution is 0.504. The summed E-state index contributed by atoms with van der Waals surface area (Å²) >= 11 is 0. The molecular formula is C15H15F2N. The number of halogens is 2. The van der Waals surface area contributed by atoms with Gasteiger partial charge in [-0.25, -0.2) is 8.78 Å². The van der Waals surface area contributed by atoms with Crippen molar-refractivity contribution in [3.63, 3.8) is 0 Å². The standard InChI is InChI=1S/C15H15F2N/c16-13-8-7-12(10-14(13)17)15(18)9-6-11-4-2-1-3-5-11/h1-5,7-8,10,15H,6,9,18H2. The van der Waals surface area contributed by atoms with E-state index in [1.54, 1.807) is 0 Å². The van der Waals surface area contributed by atoms with Gasteiger partial charge in [0.05, 0.1) is 0 Å². The zero-order chi connectivity index (χ0) is 13.0. The zero-order valence-corrected chi connectivity index (χ0v) is 9.94. The van der Waals surface area contributed by atoms with E-state index in [2.05, 4.69) is 0 Å². The highest BCUT2D eigenvalue weighted by Gasteiger charge is 2.09. The third kappa shape index (κ3) is 3.14. The van der Waals surface area contributed by atoms with E-state index in [0.717, 1.165) is 12.5 Å². The largest absolute Gasteiger partial charge is 0.324 e. The lowest BCUT2D eigenvalue weighted by Crippen LogP contribution is -2.11. The number of aryl methyl sites for hydroxylation is 1. The smallest absolute Gasteiger partial charge is 0.159 e. The molecule has 0 amide bonds. The molecule has 2 aromatic carbocycles. The molecule has 2 N–H and O–H groups in total. The first-order chi connectivity index (χ1) is 8.66. The van der Waals surface area contributed by atoms with Crippen molar-refractivity contribution in [2.45, 2.75) is 18.9 Å². The lowest BCUT2D eigenvalue weighted by atomic mass is 10.00. The minimum Gasteiger partial charge on any atom is -0.324 e. The zero-order valence-electron chi connectivity index (χ0n) is 9.94. The fourth-order valence-electron chi connectivity index (χ4n) is 1.88. The number of rotatable bonds is 4. The van der Waals surface area contributed by atoms with Crippen LogP contribution in [0.4, 0.5) is 8.78 Å². The van der Waals surface area contributed by atoms with Crippen molar-refractivity contribution in [3.05, 3.63) is 71.3 Å². The van der Waals surface area contributed by atoms with Crippen LogP contribution >= 0.6 is 0 Å². The molecule has 1 nitrogen and oxygen atoms in total. The van der Waals surface area contributed by atoms with Crippen LogP contribution in [0.1, 0.15) is 23.6 Å². The van der Waals surface area contributed by atoms with Crippen LogP contribution in [-0.4, -0.2) is 0 Å². The van der Waals surface area contributed by atoms with Crippen LogP contribution in [0.3, 0.4) is 0 Å². The van der Waals surface area contributed by atoms with E-state index >= 15 is 0 Å². The Morgan fingerprint density at radius 2 is 1.67 bits per heavy atom. The molecule has 2 aromatic rings. The van der Waals surface area contributed by atoms with Gasteiger partial charge in [-0.2, -0.15) is 0 Å². The van der Waals surface area contributed by atoms with E-state index in [1.165, 1.54) is 17.7 Å². The van der Waals surface area contributed by atoms with Gasteiger partial charge in [0.1, 0.15) is 0 Å². The number of hydrogen-bond donors (Lipinski definition) is 1. The molecule has 0 aliphatic carbocycles. The second-order valence-corrected chi connectivity index (χ2v) is 4.30. The van der Waals surface area contributed by atoms with Gasteiger partial charge in [-0.15, -0.1) is 0 Å². The van der Waals surface area contributed by atoms with E-state index in [1.807, 2.05) is 30.3 Å². The molecule has 0 spiro atoms. The topological polar surface area (TPSA) is 26.0 Å². The Labute approximate surface area is 105 Å². The molecular weight excluding hydrogens is 232 g/mol. The highest BCUT2D eigenvalue weighted by molar-refractivity contribution is 5.22. The first-order valence-corrected chi connectivity index (χ1v) is 5.91. The van der Waals surface area contributed by atoms with Crippen LogP contribution in [-0.2, 0) is 6.42 Å². The minimum absolute atomic E-state index is 0.277. The molecule has 0 fully saturated rings. The first-order valence-electron chi connectivity index (χ1n) is 5.91. The normalized spacial score (nSPS) is 12.4. The van der Waals surface area contributed by atoms with Crippen LogP contribution in [0.2, 0.25) is 0 Å². The summed E-state index contributed by atoms with van der Waals surface area (Å²) < 4.78 is 25.9. The van der Waals surface area contributed by atoms with Gasteiger partial charge in [0.25, 0.3) is 0 Å². The fraction of sp³-hybridized carbons (Fsp3) is 0.200. The van der Waals surface area contributed by atoms with Crippen LogP contribution < -0.4 is 5.73 Å². The van der Waals surface area contributed by atoms with Crippen LogP contribution in [0.5, 0.6) is 0 Å². The van der Waals surface area contributed by atoms with Gasteiger partial charge in [-0.1, -0.05) is 36.4 Å². The van der Waals surface area contributed by atoms with Crippen molar-refractivity contribution in [2.24, 2.45) is 5.73 Å². The Bertz CT molecular complexity index is 511. The first kappa shape index (κ1) is 12.7. The van der Waals surface area contributed by atoms with Crippen LogP contribution in [0.15, 0.2) is 48.5 Å². The predicted molar refractivity (Wildman–Crippen MR) is 68.0 cm³/mol. The molecule has 2 rings (SSSR count). The van der Waals surface area contributed by atoms with E-state index in [4.69, 9.17) is 5.73 Å². The van der Waals surface area contributed by atoms with Crippen molar-refractivity contribution in [1.82, 2.24) is 0 Å². The Kier molecular flexibility index (Phi) is 4.05. The third-order valence-corrected chi connectivity index (χ3v) is 2.96. The molecule has 0 heterocycles. The Balaban J connectivity index is 1.99. The Morgan fingerprint density at radius 1 is 0.944 bits per heavy atom. The maximum atomic E-state index is 13.1. The summed E-state index contributed by atoms with van der Waals surface area (Å²) in [4.78, 5) is 0. The van der Waals surface area contributed by atoms with Crippen LogP contribution in [0, 0.1) is 11.6 Å². The molecule has 0 aliphatic heterocycles. The van der Waals surface area contributed by atoms with Gasteiger partial charge in [0.15, 0.2) is 11.6 Å². The van der Waals surface area contributed by atoms with Gasteiger partial charge in [-0.3, -0.25) is 0 Å².